The van der Waals surface area contributed by atoms with Crippen LogP contribution in [0.5, 0.6) is 5.75 Å². The predicted molar refractivity (Wildman–Crippen MR) is 82.7 cm³/mol. The van der Waals surface area contributed by atoms with E-state index in [1.807, 2.05) is 0 Å². The maximum Gasteiger partial charge on any atom is 0.269 e. The van der Waals surface area contributed by atoms with Crippen molar-refractivity contribution in [1.29, 1.82) is 0 Å². The van der Waals surface area contributed by atoms with Gasteiger partial charge in [-0.1, -0.05) is 20.3 Å². The summed E-state index contributed by atoms with van der Waals surface area (Å²) in [5.74, 6) is 0.727. The van der Waals surface area contributed by atoms with Crippen molar-refractivity contribution in [3.63, 3.8) is 0 Å². The molecule has 0 N–H and O–H groups in total. The molecule has 5 nitrogen and oxygen atoms in total. The van der Waals surface area contributed by atoms with Crippen molar-refractivity contribution in [2.24, 2.45) is 0 Å². The summed E-state index contributed by atoms with van der Waals surface area (Å²) in [6.45, 7) is 6.42. The van der Waals surface area contributed by atoms with Gasteiger partial charge in [0, 0.05) is 18.2 Å². The summed E-state index contributed by atoms with van der Waals surface area (Å²) in [5.41, 5.74) is 0.103. The third-order valence-corrected chi connectivity index (χ3v) is 4.28. The molecule has 1 aliphatic rings. The van der Waals surface area contributed by atoms with Gasteiger partial charge in [-0.3, -0.25) is 15.0 Å². The van der Waals surface area contributed by atoms with Crippen LogP contribution in [0.15, 0.2) is 24.3 Å². The molecule has 0 bridgehead atoms. The molecule has 0 spiro atoms. The zero-order chi connectivity index (χ0) is 15.2. The summed E-state index contributed by atoms with van der Waals surface area (Å²) in [5, 5.41) is 10.7. The molecule has 1 aromatic rings. The third kappa shape index (κ3) is 3.94. The first kappa shape index (κ1) is 15.8. The van der Waals surface area contributed by atoms with Crippen molar-refractivity contribution < 1.29 is 9.66 Å². The minimum Gasteiger partial charge on any atom is -0.489 e. The highest BCUT2D eigenvalue weighted by atomic mass is 16.6. The number of nitrogens with zero attached hydrogens (tertiary/aromatic N) is 2. The lowest BCUT2D eigenvalue weighted by Gasteiger charge is -2.39. The van der Waals surface area contributed by atoms with Gasteiger partial charge in [0.05, 0.1) is 4.92 Å². The molecule has 1 aromatic carbocycles. The lowest BCUT2D eigenvalue weighted by molar-refractivity contribution is -0.384. The van der Waals surface area contributed by atoms with Crippen LogP contribution in [-0.2, 0) is 0 Å². The smallest absolute Gasteiger partial charge is 0.269 e. The topological polar surface area (TPSA) is 55.6 Å². The molecule has 1 saturated carbocycles. The second-order valence-electron chi connectivity index (χ2n) is 5.48. The summed E-state index contributed by atoms with van der Waals surface area (Å²) >= 11 is 0. The molecule has 0 heterocycles. The summed E-state index contributed by atoms with van der Waals surface area (Å²) < 4.78 is 6.12. The molecular formula is C16H24N2O3. The van der Waals surface area contributed by atoms with Crippen LogP contribution >= 0.6 is 0 Å². The lowest BCUT2D eigenvalue weighted by Crippen LogP contribution is -2.47. The third-order valence-electron chi connectivity index (χ3n) is 4.28. The highest BCUT2D eigenvalue weighted by Crippen LogP contribution is 2.28. The average molecular weight is 292 g/mol. The number of nitro benzene ring substituents is 1. The highest BCUT2D eigenvalue weighted by molar-refractivity contribution is 5.36. The zero-order valence-electron chi connectivity index (χ0n) is 12.8. The molecule has 1 fully saturated rings. The van der Waals surface area contributed by atoms with E-state index in [1.54, 1.807) is 12.1 Å². The zero-order valence-corrected chi connectivity index (χ0v) is 12.8. The Balaban J connectivity index is 2.06. The first-order valence-electron chi connectivity index (χ1n) is 7.80. The van der Waals surface area contributed by atoms with Crippen molar-refractivity contribution in [3.8, 4) is 5.75 Å². The summed E-state index contributed by atoms with van der Waals surface area (Å²) in [7, 11) is 0. The van der Waals surface area contributed by atoms with E-state index in [2.05, 4.69) is 18.7 Å². The predicted octanol–water partition coefficient (Wildman–Crippen LogP) is 3.63. The molecule has 0 aliphatic heterocycles. The SMILES string of the molecule is CCN(CC)[C@H]1CCCC[C@@H]1Oc1ccc([N+](=O)[O-])cc1. The number of benzene rings is 1. The van der Waals surface area contributed by atoms with E-state index >= 15 is 0 Å². The summed E-state index contributed by atoms with van der Waals surface area (Å²) in [4.78, 5) is 12.7. The molecule has 0 radical (unpaired) electrons. The van der Waals surface area contributed by atoms with Gasteiger partial charge in [-0.25, -0.2) is 0 Å². The quantitative estimate of drug-likeness (QED) is 0.593. The fourth-order valence-corrected chi connectivity index (χ4v) is 3.15. The maximum atomic E-state index is 10.7. The van der Waals surface area contributed by atoms with Crippen LogP contribution in [0.3, 0.4) is 0 Å². The maximum absolute atomic E-state index is 10.7. The molecule has 1 aliphatic carbocycles. The van der Waals surface area contributed by atoms with Crippen molar-refractivity contribution in [3.05, 3.63) is 34.4 Å². The van der Waals surface area contributed by atoms with E-state index in [4.69, 9.17) is 4.74 Å². The van der Waals surface area contributed by atoms with Crippen LogP contribution < -0.4 is 4.74 Å². The number of rotatable bonds is 6. The van der Waals surface area contributed by atoms with E-state index in [0.29, 0.717) is 6.04 Å². The van der Waals surface area contributed by atoms with E-state index in [0.717, 1.165) is 25.3 Å². The minimum atomic E-state index is -0.386. The molecule has 2 atom stereocenters. The molecule has 5 heteroatoms. The Morgan fingerprint density at radius 1 is 1.19 bits per heavy atom. The molecule has 0 amide bonds. The highest BCUT2D eigenvalue weighted by Gasteiger charge is 2.30. The summed E-state index contributed by atoms with van der Waals surface area (Å²) in [6.07, 6.45) is 4.84. The fraction of sp³-hybridized carbons (Fsp3) is 0.625. The van der Waals surface area contributed by atoms with Crippen molar-refractivity contribution in [2.45, 2.75) is 51.7 Å². The second kappa shape index (κ2) is 7.41. The van der Waals surface area contributed by atoms with Crippen LogP contribution in [0, 0.1) is 10.1 Å². The van der Waals surface area contributed by atoms with Crippen LogP contribution in [0.2, 0.25) is 0 Å². The molecule has 116 valence electrons. The van der Waals surface area contributed by atoms with E-state index in [-0.39, 0.29) is 16.7 Å². The van der Waals surface area contributed by atoms with E-state index in [9.17, 15) is 10.1 Å². The van der Waals surface area contributed by atoms with E-state index < -0.39 is 0 Å². The monoisotopic (exact) mass is 292 g/mol. The number of hydrogen-bond donors (Lipinski definition) is 0. The van der Waals surface area contributed by atoms with Gasteiger partial charge in [-0.2, -0.15) is 0 Å². The van der Waals surface area contributed by atoms with Gasteiger partial charge < -0.3 is 4.74 Å². The molecule has 0 unspecified atom stereocenters. The van der Waals surface area contributed by atoms with Gasteiger partial charge in [0.1, 0.15) is 11.9 Å². The van der Waals surface area contributed by atoms with Crippen LogP contribution in [0.25, 0.3) is 0 Å². The van der Waals surface area contributed by atoms with Crippen LogP contribution in [-0.4, -0.2) is 35.1 Å². The molecule has 21 heavy (non-hydrogen) atoms. The lowest BCUT2D eigenvalue weighted by atomic mass is 9.91. The average Bonchev–Trinajstić information content (AvgIpc) is 2.50. The van der Waals surface area contributed by atoms with Crippen molar-refractivity contribution in [1.82, 2.24) is 4.90 Å². The Kier molecular flexibility index (Phi) is 5.56. The largest absolute Gasteiger partial charge is 0.489 e. The van der Waals surface area contributed by atoms with Gasteiger partial charge in [0.2, 0.25) is 0 Å². The minimum absolute atomic E-state index is 0.103. The molecular weight excluding hydrogens is 268 g/mol. The van der Waals surface area contributed by atoms with Gasteiger partial charge in [0.25, 0.3) is 5.69 Å². The second-order valence-corrected chi connectivity index (χ2v) is 5.48. The van der Waals surface area contributed by atoms with Crippen LogP contribution in [0.1, 0.15) is 39.5 Å². The first-order chi connectivity index (χ1) is 10.2. The Hall–Kier alpha value is -1.62. The van der Waals surface area contributed by atoms with Gasteiger partial charge >= 0.3 is 0 Å². The Labute approximate surface area is 126 Å². The standard InChI is InChI=1S/C16H24N2O3/c1-3-17(4-2)15-7-5-6-8-16(15)21-14-11-9-13(10-12-14)18(19)20/h9-12,15-16H,3-8H2,1-2H3/t15-,16-/m0/s1. The molecule has 2 rings (SSSR count). The van der Waals surface area contributed by atoms with Crippen molar-refractivity contribution in [2.75, 3.05) is 13.1 Å². The Morgan fingerprint density at radius 3 is 2.38 bits per heavy atom. The normalized spacial score (nSPS) is 22.2. The number of hydrogen-bond acceptors (Lipinski definition) is 4. The van der Waals surface area contributed by atoms with E-state index in [1.165, 1.54) is 31.4 Å². The summed E-state index contributed by atoms with van der Waals surface area (Å²) in [6, 6.07) is 6.86. The number of likely N-dealkylation sites (N-methyl/N-ethyl adjacent to an activating group) is 1. The fourth-order valence-electron chi connectivity index (χ4n) is 3.15. The van der Waals surface area contributed by atoms with Crippen LogP contribution in [0.4, 0.5) is 5.69 Å². The Bertz CT molecular complexity index is 457. The molecule has 0 saturated heterocycles. The first-order valence-corrected chi connectivity index (χ1v) is 7.80. The number of ether oxygens (including phenoxy) is 1. The van der Waals surface area contributed by atoms with Gasteiger partial charge in [-0.15, -0.1) is 0 Å². The van der Waals surface area contributed by atoms with Gasteiger partial charge in [-0.05, 0) is 44.5 Å². The Morgan fingerprint density at radius 2 is 1.81 bits per heavy atom. The number of non-ortho nitro benzene ring substituents is 1. The van der Waals surface area contributed by atoms with Gasteiger partial charge in [0.15, 0.2) is 0 Å². The van der Waals surface area contributed by atoms with Crippen molar-refractivity contribution >= 4 is 5.69 Å². The molecule has 0 aromatic heterocycles. The number of nitro groups is 1.